The van der Waals surface area contributed by atoms with E-state index in [1.54, 1.807) is 0 Å². The Morgan fingerprint density at radius 3 is 2.62 bits per heavy atom. The van der Waals surface area contributed by atoms with E-state index < -0.39 is 0 Å². The number of rotatable bonds is 5. The smallest absolute Gasteiger partial charge is 0.220 e. The Labute approximate surface area is 153 Å². The van der Waals surface area contributed by atoms with Gasteiger partial charge < -0.3 is 10.1 Å². The van der Waals surface area contributed by atoms with E-state index in [2.05, 4.69) is 28.1 Å². The number of hydrogen-bond acceptors (Lipinski definition) is 3. The first-order valence-corrected chi connectivity index (χ1v) is 9.20. The lowest BCUT2D eigenvalue weighted by molar-refractivity contribution is -0.122. The zero-order valence-corrected chi connectivity index (χ0v) is 14.7. The summed E-state index contributed by atoms with van der Waals surface area (Å²) in [6.45, 7) is 1.46. The van der Waals surface area contributed by atoms with E-state index in [1.165, 1.54) is 0 Å². The summed E-state index contributed by atoms with van der Waals surface area (Å²) in [5, 5.41) is 3.13. The van der Waals surface area contributed by atoms with Gasteiger partial charge in [-0.3, -0.25) is 9.36 Å². The van der Waals surface area contributed by atoms with Crippen molar-refractivity contribution in [2.24, 2.45) is 0 Å². The number of hydrogen-bond donors (Lipinski definition) is 1. The predicted molar refractivity (Wildman–Crippen MR) is 101 cm³/mol. The fourth-order valence-corrected chi connectivity index (χ4v) is 3.48. The van der Waals surface area contributed by atoms with E-state index in [1.807, 2.05) is 36.4 Å². The quantitative estimate of drug-likeness (QED) is 0.769. The standard InChI is InChI=1S/C21H23N3O2/c25-21(22-16-12-14-26-15-13-16)11-10-20-23-18-8-4-5-9-19(18)24(20)17-6-2-1-3-7-17/h1-9,16H,10-15H2,(H,22,25). The van der Waals surface area contributed by atoms with Gasteiger partial charge in [-0.15, -0.1) is 0 Å². The minimum atomic E-state index is 0.0866. The second-order valence-corrected chi connectivity index (χ2v) is 6.64. The Balaban J connectivity index is 1.53. The number of nitrogens with one attached hydrogen (secondary N) is 1. The number of fused-ring (bicyclic) bond motifs is 1. The van der Waals surface area contributed by atoms with Crippen LogP contribution in [0.4, 0.5) is 0 Å². The third-order valence-corrected chi connectivity index (χ3v) is 4.81. The monoisotopic (exact) mass is 349 g/mol. The van der Waals surface area contributed by atoms with E-state index in [-0.39, 0.29) is 11.9 Å². The van der Waals surface area contributed by atoms with Crippen molar-refractivity contribution in [2.45, 2.75) is 31.7 Å². The van der Waals surface area contributed by atoms with E-state index in [0.29, 0.717) is 12.8 Å². The summed E-state index contributed by atoms with van der Waals surface area (Å²) in [6.07, 6.45) is 2.84. The Morgan fingerprint density at radius 2 is 1.81 bits per heavy atom. The van der Waals surface area contributed by atoms with Crippen LogP contribution in [0.1, 0.15) is 25.1 Å². The molecule has 0 bridgehead atoms. The number of aryl methyl sites for hydroxylation is 1. The second kappa shape index (κ2) is 7.70. The molecule has 1 aliphatic heterocycles. The molecule has 2 aromatic carbocycles. The van der Waals surface area contributed by atoms with E-state index in [9.17, 15) is 4.79 Å². The maximum absolute atomic E-state index is 12.4. The van der Waals surface area contributed by atoms with Crippen molar-refractivity contribution in [3.8, 4) is 5.69 Å². The molecule has 0 radical (unpaired) electrons. The summed E-state index contributed by atoms with van der Waals surface area (Å²) in [6, 6.07) is 18.5. The van der Waals surface area contributed by atoms with Gasteiger partial charge >= 0.3 is 0 Å². The number of nitrogens with zero attached hydrogens (tertiary/aromatic N) is 2. The molecule has 2 heterocycles. The fraction of sp³-hybridized carbons (Fsp3) is 0.333. The summed E-state index contributed by atoms with van der Waals surface area (Å²) < 4.78 is 7.49. The largest absolute Gasteiger partial charge is 0.381 e. The molecule has 134 valence electrons. The highest BCUT2D eigenvalue weighted by molar-refractivity contribution is 5.79. The van der Waals surface area contributed by atoms with Gasteiger partial charge in [0, 0.05) is 37.8 Å². The minimum Gasteiger partial charge on any atom is -0.381 e. The molecule has 1 aliphatic rings. The van der Waals surface area contributed by atoms with Gasteiger partial charge in [-0.2, -0.15) is 0 Å². The van der Waals surface area contributed by atoms with Crippen molar-refractivity contribution in [1.82, 2.24) is 14.9 Å². The molecule has 0 atom stereocenters. The first kappa shape index (κ1) is 16.8. The number of ether oxygens (including phenoxy) is 1. The van der Waals surface area contributed by atoms with Crippen molar-refractivity contribution in [2.75, 3.05) is 13.2 Å². The number of imidazole rings is 1. The van der Waals surface area contributed by atoms with Gasteiger partial charge in [0.25, 0.3) is 0 Å². The molecule has 1 aromatic heterocycles. The minimum absolute atomic E-state index is 0.0866. The van der Waals surface area contributed by atoms with Gasteiger partial charge in [0.2, 0.25) is 5.91 Å². The summed E-state index contributed by atoms with van der Waals surface area (Å²) in [5.41, 5.74) is 3.09. The van der Waals surface area contributed by atoms with Crippen LogP contribution in [-0.2, 0) is 16.0 Å². The molecule has 0 spiro atoms. The third-order valence-electron chi connectivity index (χ3n) is 4.81. The van der Waals surface area contributed by atoms with Gasteiger partial charge in [-0.25, -0.2) is 4.98 Å². The van der Waals surface area contributed by atoms with E-state index in [0.717, 1.165) is 48.6 Å². The number of carbonyl (C=O) groups is 1. The summed E-state index contributed by atoms with van der Waals surface area (Å²) in [5.74, 6) is 1.00. The second-order valence-electron chi connectivity index (χ2n) is 6.64. The highest BCUT2D eigenvalue weighted by atomic mass is 16.5. The van der Waals surface area contributed by atoms with Crippen LogP contribution in [0.15, 0.2) is 54.6 Å². The normalized spacial score (nSPS) is 15.2. The zero-order chi connectivity index (χ0) is 17.8. The Morgan fingerprint density at radius 1 is 1.08 bits per heavy atom. The lowest BCUT2D eigenvalue weighted by Crippen LogP contribution is -2.39. The third kappa shape index (κ3) is 3.63. The van der Waals surface area contributed by atoms with Crippen LogP contribution < -0.4 is 5.32 Å². The summed E-state index contributed by atoms with van der Waals surface area (Å²) in [4.78, 5) is 17.1. The number of carbonyl (C=O) groups excluding carboxylic acids is 1. The Bertz CT molecular complexity index is 883. The molecular weight excluding hydrogens is 326 g/mol. The molecule has 26 heavy (non-hydrogen) atoms. The molecule has 1 fully saturated rings. The molecule has 0 unspecified atom stereocenters. The highest BCUT2D eigenvalue weighted by Gasteiger charge is 2.17. The first-order chi connectivity index (χ1) is 12.8. The van der Waals surface area contributed by atoms with Crippen molar-refractivity contribution >= 4 is 16.9 Å². The summed E-state index contributed by atoms with van der Waals surface area (Å²) in [7, 11) is 0. The highest BCUT2D eigenvalue weighted by Crippen LogP contribution is 2.22. The lowest BCUT2D eigenvalue weighted by atomic mass is 10.1. The Kier molecular flexibility index (Phi) is 4.97. The Hall–Kier alpha value is -2.66. The molecule has 0 aliphatic carbocycles. The SMILES string of the molecule is O=C(CCc1nc2ccccc2n1-c1ccccc1)NC1CCOCC1. The number of benzene rings is 2. The molecule has 1 N–H and O–H groups in total. The first-order valence-electron chi connectivity index (χ1n) is 9.20. The molecule has 5 nitrogen and oxygen atoms in total. The van der Waals surface area contributed by atoms with Crippen LogP contribution >= 0.6 is 0 Å². The van der Waals surface area contributed by atoms with Gasteiger partial charge in [0.1, 0.15) is 5.82 Å². The van der Waals surface area contributed by atoms with Crippen LogP contribution in [-0.4, -0.2) is 34.7 Å². The maximum atomic E-state index is 12.4. The van der Waals surface area contributed by atoms with Crippen molar-refractivity contribution in [1.29, 1.82) is 0 Å². The lowest BCUT2D eigenvalue weighted by Gasteiger charge is -2.23. The van der Waals surface area contributed by atoms with E-state index >= 15 is 0 Å². The molecule has 1 saturated heterocycles. The fourth-order valence-electron chi connectivity index (χ4n) is 3.48. The average molecular weight is 349 g/mol. The van der Waals surface area contributed by atoms with Crippen LogP contribution in [0.25, 0.3) is 16.7 Å². The zero-order valence-electron chi connectivity index (χ0n) is 14.7. The van der Waals surface area contributed by atoms with Crippen LogP contribution in [0.3, 0.4) is 0 Å². The molecule has 1 amide bonds. The van der Waals surface area contributed by atoms with Crippen molar-refractivity contribution < 1.29 is 9.53 Å². The summed E-state index contributed by atoms with van der Waals surface area (Å²) >= 11 is 0. The van der Waals surface area contributed by atoms with Gasteiger partial charge in [-0.1, -0.05) is 30.3 Å². The molecule has 4 rings (SSSR count). The van der Waals surface area contributed by atoms with Gasteiger partial charge in [0.15, 0.2) is 0 Å². The maximum Gasteiger partial charge on any atom is 0.220 e. The average Bonchev–Trinajstić information content (AvgIpc) is 3.06. The van der Waals surface area contributed by atoms with Crippen LogP contribution in [0, 0.1) is 0 Å². The molecule has 0 saturated carbocycles. The predicted octanol–water partition coefficient (Wildman–Crippen LogP) is 3.25. The topological polar surface area (TPSA) is 56.2 Å². The van der Waals surface area contributed by atoms with Crippen molar-refractivity contribution in [3.63, 3.8) is 0 Å². The molecule has 3 aromatic rings. The molecule has 5 heteroatoms. The number of aromatic nitrogens is 2. The van der Waals surface area contributed by atoms with Crippen molar-refractivity contribution in [3.05, 3.63) is 60.4 Å². The van der Waals surface area contributed by atoms with Gasteiger partial charge in [0.05, 0.1) is 11.0 Å². The van der Waals surface area contributed by atoms with Crippen LogP contribution in [0.2, 0.25) is 0 Å². The van der Waals surface area contributed by atoms with Crippen LogP contribution in [0.5, 0.6) is 0 Å². The van der Waals surface area contributed by atoms with Gasteiger partial charge in [-0.05, 0) is 37.1 Å². The number of para-hydroxylation sites is 3. The van der Waals surface area contributed by atoms with E-state index in [4.69, 9.17) is 9.72 Å². The molecular formula is C21H23N3O2. The number of amides is 1.